The van der Waals surface area contributed by atoms with Crippen LogP contribution in [0.1, 0.15) is 11.1 Å². The van der Waals surface area contributed by atoms with Crippen molar-refractivity contribution in [1.82, 2.24) is 0 Å². The van der Waals surface area contributed by atoms with E-state index < -0.39 is 0 Å². The second-order valence-electron chi connectivity index (χ2n) is 4.28. The fourth-order valence-electron chi connectivity index (χ4n) is 1.78. The van der Waals surface area contributed by atoms with E-state index in [1.165, 1.54) is 0 Å². The first-order chi connectivity index (χ1) is 10.0. The molecule has 2 rings (SSSR count). The normalized spacial score (nSPS) is 10.5. The van der Waals surface area contributed by atoms with Gasteiger partial charge in [0.15, 0.2) is 11.5 Å². The Hall–Kier alpha value is -0.610. The zero-order valence-electron chi connectivity index (χ0n) is 11.1. The molecule has 0 saturated carbocycles. The molecule has 0 N–H and O–H groups in total. The molecule has 0 saturated heterocycles. The highest BCUT2D eigenvalue weighted by Gasteiger charge is 2.12. The van der Waals surface area contributed by atoms with Crippen LogP contribution in [0, 0.1) is 0 Å². The lowest BCUT2D eigenvalue weighted by Gasteiger charge is -2.14. The second-order valence-corrected chi connectivity index (χ2v) is 6.22. The lowest BCUT2D eigenvalue weighted by molar-refractivity contribution is 0.282. The Balaban J connectivity index is 2.21. The predicted molar refractivity (Wildman–Crippen MR) is 91.0 cm³/mol. The summed E-state index contributed by atoms with van der Waals surface area (Å²) < 4.78 is 12.0. The average molecular weight is 411 g/mol. The van der Waals surface area contributed by atoms with Crippen LogP contribution in [0.3, 0.4) is 0 Å². The van der Waals surface area contributed by atoms with Crippen molar-refractivity contribution in [2.75, 3.05) is 7.11 Å². The Bertz CT molecular complexity index is 647. The molecule has 2 nitrogen and oxygen atoms in total. The molecule has 6 heteroatoms. The van der Waals surface area contributed by atoms with E-state index in [9.17, 15) is 0 Å². The van der Waals surface area contributed by atoms with Crippen LogP contribution < -0.4 is 9.47 Å². The molecule has 0 bridgehead atoms. The van der Waals surface area contributed by atoms with Gasteiger partial charge in [-0.05, 0) is 51.3 Å². The van der Waals surface area contributed by atoms with E-state index in [1.54, 1.807) is 19.2 Å². The summed E-state index contributed by atoms with van der Waals surface area (Å²) in [5.74, 6) is 1.65. The van der Waals surface area contributed by atoms with Gasteiger partial charge in [-0.3, -0.25) is 0 Å². The van der Waals surface area contributed by atoms with Crippen LogP contribution in [0.5, 0.6) is 11.5 Å². The minimum Gasteiger partial charge on any atom is -0.493 e. The quantitative estimate of drug-likeness (QED) is 0.556. The van der Waals surface area contributed by atoms with Crippen LogP contribution in [-0.4, -0.2) is 7.11 Å². The summed E-state index contributed by atoms with van der Waals surface area (Å²) in [6.45, 7) is 0.353. The highest BCUT2D eigenvalue weighted by atomic mass is 79.9. The lowest BCUT2D eigenvalue weighted by Crippen LogP contribution is -1.99. The molecule has 2 aromatic carbocycles. The Morgan fingerprint density at radius 2 is 1.81 bits per heavy atom. The number of hydrogen-bond acceptors (Lipinski definition) is 2. The number of hydrogen-bond donors (Lipinski definition) is 0. The summed E-state index contributed by atoms with van der Waals surface area (Å²) >= 11 is 21.2. The van der Waals surface area contributed by atoms with E-state index in [-0.39, 0.29) is 0 Å². The Morgan fingerprint density at radius 3 is 2.43 bits per heavy atom. The number of benzene rings is 2. The van der Waals surface area contributed by atoms with E-state index in [0.29, 0.717) is 34.0 Å². The minimum absolute atomic E-state index is 0.353. The summed E-state index contributed by atoms with van der Waals surface area (Å²) in [5.41, 5.74) is 1.86. The maximum atomic E-state index is 5.99. The van der Waals surface area contributed by atoms with Crippen molar-refractivity contribution < 1.29 is 9.47 Å². The van der Waals surface area contributed by atoms with Crippen LogP contribution in [0.15, 0.2) is 34.8 Å². The number of halogens is 4. The number of alkyl halides is 1. The summed E-state index contributed by atoms with van der Waals surface area (Å²) in [5, 5.41) is 1.02. The molecule has 0 aliphatic heterocycles. The topological polar surface area (TPSA) is 18.5 Å². The second kappa shape index (κ2) is 7.59. The van der Waals surface area contributed by atoms with Crippen molar-refractivity contribution in [3.8, 4) is 11.5 Å². The summed E-state index contributed by atoms with van der Waals surface area (Å²) in [6.07, 6.45) is 0. The molecule has 112 valence electrons. The van der Waals surface area contributed by atoms with Gasteiger partial charge in [0.25, 0.3) is 0 Å². The van der Waals surface area contributed by atoms with E-state index in [1.807, 2.05) is 18.2 Å². The van der Waals surface area contributed by atoms with E-state index in [2.05, 4.69) is 15.9 Å². The van der Waals surface area contributed by atoms with Crippen LogP contribution in [0.2, 0.25) is 10.0 Å². The summed E-state index contributed by atoms with van der Waals surface area (Å²) in [7, 11) is 1.59. The Morgan fingerprint density at radius 1 is 1.05 bits per heavy atom. The third kappa shape index (κ3) is 4.19. The molecule has 0 aliphatic carbocycles. The third-order valence-corrected chi connectivity index (χ3v) is 4.45. The molecule has 21 heavy (non-hydrogen) atoms. The first-order valence-corrected chi connectivity index (χ1v) is 8.12. The van der Waals surface area contributed by atoms with Gasteiger partial charge in [0.05, 0.1) is 21.6 Å². The molecule has 0 fully saturated rings. The molecule has 0 radical (unpaired) electrons. The SMILES string of the molecule is COc1cc(CCl)cc(Br)c1OCc1ccc(Cl)c(Cl)c1. The molecule has 0 aliphatic rings. The third-order valence-electron chi connectivity index (χ3n) is 2.81. The van der Waals surface area contributed by atoms with Crippen LogP contribution >= 0.6 is 50.7 Å². The fourth-order valence-corrected chi connectivity index (χ4v) is 2.85. The average Bonchev–Trinajstić information content (AvgIpc) is 2.48. The number of ether oxygens (including phenoxy) is 2. The largest absolute Gasteiger partial charge is 0.493 e. The first-order valence-electron chi connectivity index (χ1n) is 6.04. The van der Waals surface area contributed by atoms with Crippen molar-refractivity contribution in [1.29, 1.82) is 0 Å². The van der Waals surface area contributed by atoms with Crippen LogP contribution in [0.25, 0.3) is 0 Å². The maximum absolute atomic E-state index is 5.99. The van der Waals surface area contributed by atoms with Crippen LogP contribution in [0.4, 0.5) is 0 Å². The van der Waals surface area contributed by atoms with Crippen molar-refractivity contribution in [3.05, 3.63) is 56.0 Å². The number of methoxy groups -OCH3 is 1. The molecule has 0 spiro atoms. The molecule has 0 unspecified atom stereocenters. The van der Waals surface area contributed by atoms with Gasteiger partial charge in [-0.25, -0.2) is 0 Å². The highest BCUT2D eigenvalue weighted by molar-refractivity contribution is 9.10. The van der Waals surface area contributed by atoms with Gasteiger partial charge >= 0.3 is 0 Å². The van der Waals surface area contributed by atoms with Gasteiger partial charge in [0.2, 0.25) is 0 Å². The van der Waals surface area contributed by atoms with Gasteiger partial charge in [-0.1, -0.05) is 29.3 Å². The molecular formula is C15H12BrCl3O2. The zero-order chi connectivity index (χ0) is 15.4. The van der Waals surface area contributed by atoms with Crippen molar-refractivity contribution in [2.24, 2.45) is 0 Å². The van der Waals surface area contributed by atoms with Crippen molar-refractivity contribution in [3.63, 3.8) is 0 Å². The van der Waals surface area contributed by atoms with Gasteiger partial charge in [0, 0.05) is 5.88 Å². The maximum Gasteiger partial charge on any atom is 0.175 e. The first kappa shape index (κ1) is 16.8. The predicted octanol–water partition coefficient (Wildman–Crippen LogP) is 6.08. The molecule has 0 atom stereocenters. The smallest absolute Gasteiger partial charge is 0.175 e. The molecule has 0 amide bonds. The van der Waals surface area contributed by atoms with E-state index in [0.717, 1.165) is 15.6 Å². The van der Waals surface area contributed by atoms with Crippen molar-refractivity contribution in [2.45, 2.75) is 12.5 Å². The standard InChI is InChI=1S/C15H12BrCl3O2/c1-20-14-6-10(7-17)4-11(16)15(14)21-8-9-2-3-12(18)13(19)5-9/h2-6H,7-8H2,1H3. The van der Waals surface area contributed by atoms with E-state index in [4.69, 9.17) is 44.3 Å². The zero-order valence-corrected chi connectivity index (χ0v) is 15.0. The summed E-state index contributed by atoms with van der Waals surface area (Å²) in [4.78, 5) is 0. The van der Waals surface area contributed by atoms with E-state index >= 15 is 0 Å². The van der Waals surface area contributed by atoms with Crippen LogP contribution in [-0.2, 0) is 12.5 Å². The van der Waals surface area contributed by atoms with Gasteiger partial charge in [-0.2, -0.15) is 0 Å². The fraction of sp³-hybridized carbons (Fsp3) is 0.200. The molecule has 2 aromatic rings. The minimum atomic E-state index is 0.353. The lowest BCUT2D eigenvalue weighted by atomic mass is 10.2. The number of rotatable bonds is 5. The van der Waals surface area contributed by atoms with Gasteiger partial charge in [0.1, 0.15) is 6.61 Å². The Kier molecular flexibility index (Phi) is 6.06. The molecular weight excluding hydrogens is 398 g/mol. The van der Waals surface area contributed by atoms with Crippen molar-refractivity contribution >= 4 is 50.7 Å². The molecule has 0 aromatic heterocycles. The van der Waals surface area contributed by atoms with Gasteiger partial charge < -0.3 is 9.47 Å². The van der Waals surface area contributed by atoms with Gasteiger partial charge in [-0.15, -0.1) is 11.6 Å². The monoisotopic (exact) mass is 408 g/mol. The highest BCUT2D eigenvalue weighted by Crippen LogP contribution is 2.37. The summed E-state index contributed by atoms with van der Waals surface area (Å²) in [6, 6.07) is 9.13. The molecule has 0 heterocycles. The Labute approximate surface area is 147 Å².